The summed E-state index contributed by atoms with van der Waals surface area (Å²) in [5, 5.41) is 7.20. The van der Waals surface area contributed by atoms with E-state index in [0.717, 1.165) is 26.2 Å². The van der Waals surface area contributed by atoms with E-state index in [1.165, 1.54) is 36.0 Å². The second-order valence-electron chi connectivity index (χ2n) is 7.27. The molecule has 0 saturated carbocycles. The van der Waals surface area contributed by atoms with Gasteiger partial charge in [-0.25, -0.2) is 0 Å². The van der Waals surface area contributed by atoms with Crippen LogP contribution in [0.15, 0.2) is 91.0 Å². The van der Waals surface area contributed by atoms with Gasteiger partial charge in [-0.05, 0) is 42.5 Å². The SMILES string of the molecule is c1ccc(CCCCNCCNCC(c2ccccc2)c2ccccc2)cc1. The summed E-state index contributed by atoms with van der Waals surface area (Å²) in [5.41, 5.74) is 4.18. The first kappa shape index (κ1) is 20.3. The molecular weight excluding hydrogens is 340 g/mol. The van der Waals surface area contributed by atoms with Gasteiger partial charge in [0.25, 0.3) is 0 Å². The lowest BCUT2D eigenvalue weighted by Gasteiger charge is -2.19. The molecule has 0 heterocycles. The maximum atomic E-state index is 3.64. The van der Waals surface area contributed by atoms with Crippen molar-refractivity contribution in [3.63, 3.8) is 0 Å². The molecule has 0 unspecified atom stereocenters. The molecule has 0 amide bonds. The predicted molar refractivity (Wildman–Crippen MR) is 120 cm³/mol. The second-order valence-corrected chi connectivity index (χ2v) is 7.27. The molecule has 0 aliphatic carbocycles. The lowest BCUT2D eigenvalue weighted by Crippen LogP contribution is -2.31. The van der Waals surface area contributed by atoms with E-state index in [9.17, 15) is 0 Å². The van der Waals surface area contributed by atoms with Crippen molar-refractivity contribution in [2.24, 2.45) is 0 Å². The van der Waals surface area contributed by atoms with E-state index < -0.39 is 0 Å². The van der Waals surface area contributed by atoms with Gasteiger partial charge >= 0.3 is 0 Å². The number of benzene rings is 3. The van der Waals surface area contributed by atoms with Crippen molar-refractivity contribution in [1.82, 2.24) is 10.6 Å². The maximum absolute atomic E-state index is 3.64. The van der Waals surface area contributed by atoms with Gasteiger partial charge in [0.1, 0.15) is 0 Å². The number of hydrogen-bond acceptors (Lipinski definition) is 2. The zero-order chi connectivity index (χ0) is 19.3. The van der Waals surface area contributed by atoms with Crippen LogP contribution in [-0.4, -0.2) is 26.2 Å². The van der Waals surface area contributed by atoms with Gasteiger partial charge in [0.05, 0.1) is 0 Å². The highest BCUT2D eigenvalue weighted by Gasteiger charge is 2.12. The molecule has 2 heteroatoms. The Labute approximate surface area is 170 Å². The molecule has 0 saturated heterocycles. The molecule has 0 radical (unpaired) electrons. The molecule has 28 heavy (non-hydrogen) atoms. The van der Waals surface area contributed by atoms with Crippen molar-refractivity contribution >= 4 is 0 Å². The van der Waals surface area contributed by atoms with Crippen LogP contribution >= 0.6 is 0 Å². The average molecular weight is 373 g/mol. The monoisotopic (exact) mass is 372 g/mol. The van der Waals surface area contributed by atoms with Crippen LogP contribution in [0.4, 0.5) is 0 Å². The third kappa shape index (κ3) is 6.95. The quantitative estimate of drug-likeness (QED) is 0.436. The Balaban J connectivity index is 1.32. The van der Waals surface area contributed by atoms with E-state index in [1.807, 2.05) is 0 Å². The van der Waals surface area contributed by atoms with E-state index in [0.29, 0.717) is 5.92 Å². The summed E-state index contributed by atoms with van der Waals surface area (Å²) in [6.07, 6.45) is 3.65. The first-order valence-corrected chi connectivity index (χ1v) is 10.5. The summed E-state index contributed by atoms with van der Waals surface area (Å²) in [7, 11) is 0. The number of aryl methyl sites for hydroxylation is 1. The van der Waals surface area contributed by atoms with Gasteiger partial charge < -0.3 is 10.6 Å². The highest BCUT2D eigenvalue weighted by atomic mass is 14.9. The molecule has 3 rings (SSSR count). The minimum Gasteiger partial charge on any atom is -0.315 e. The number of nitrogens with one attached hydrogen (secondary N) is 2. The number of hydrogen-bond donors (Lipinski definition) is 2. The van der Waals surface area contributed by atoms with Gasteiger partial charge in [-0.2, -0.15) is 0 Å². The summed E-state index contributed by atoms with van der Waals surface area (Å²) in [6, 6.07) is 32.3. The summed E-state index contributed by atoms with van der Waals surface area (Å²) in [5.74, 6) is 0.397. The molecule has 3 aromatic carbocycles. The Bertz CT molecular complexity index is 717. The summed E-state index contributed by atoms with van der Waals surface area (Å²) in [6.45, 7) is 4.06. The molecule has 0 fully saturated rings. The molecule has 0 bridgehead atoms. The first-order valence-electron chi connectivity index (χ1n) is 10.5. The van der Waals surface area contributed by atoms with Crippen LogP contribution in [0.2, 0.25) is 0 Å². The molecule has 0 aliphatic rings. The molecule has 2 nitrogen and oxygen atoms in total. The molecule has 0 aromatic heterocycles. The van der Waals surface area contributed by atoms with Gasteiger partial charge in [0, 0.05) is 25.6 Å². The van der Waals surface area contributed by atoms with Crippen LogP contribution in [0.25, 0.3) is 0 Å². The number of rotatable bonds is 12. The summed E-state index contributed by atoms with van der Waals surface area (Å²) >= 11 is 0. The molecule has 3 aromatic rings. The zero-order valence-corrected chi connectivity index (χ0v) is 16.7. The van der Waals surface area contributed by atoms with Crippen molar-refractivity contribution in [2.45, 2.75) is 25.2 Å². The average Bonchev–Trinajstić information content (AvgIpc) is 2.77. The van der Waals surface area contributed by atoms with Gasteiger partial charge in [-0.15, -0.1) is 0 Å². The highest BCUT2D eigenvalue weighted by Crippen LogP contribution is 2.23. The van der Waals surface area contributed by atoms with Crippen LogP contribution in [0.1, 0.15) is 35.4 Å². The van der Waals surface area contributed by atoms with Crippen molar-refractivity contribution < 1.29 is 0 Å². The third-order valence-corrected chi connectivity index (χ3v) is 5.14. The fraction of sp³-hybridized carbons (Fsp3) is 0.308. The topological polar surface area (TPSA) is 24.1 Å². The zero-order valence-electron chi connectivity index (χ0n) is 16.7. The lowest BCUT2D eigenvalue weighted by atomic mass is 9.91. The van der Waals surface area contributed by atoms with E-state index in [-0.39, 0.29) is 0 Å². The molecule has 0 atom stereocenters. The first-order chi connectivity index (χ1) is 13.9. The highest BCUT2D eigenvalue weighted by molar-refractivity contribution is 5.32. The van der Waals surface area contributed by atoms with Crippen molar-refractivity contribution in [1.29, 1.82) is 0 Å². The van der Waals surface area contributed by atoms with E-state index in [2.05, 4.69) is 102 Å². The Morgan fingerprint density at radius 3 is 1.68 bits per heavy atom. The Morgan fingerprint density at radius 1 is 0.536 bits per heavy atom. The van der Waals surface area contributed by atoms with Crippen LogP contribution in [0.3, 0.4) is 0 Å². The van der Waals surface area contributed by atoms with Crippen LogP contribution in [0, 0.1) is 0 Å². The van der Waals surface area contributed by atoms with Crippen LogP contribution in [-0.2, 0) is 6.42 Å². The second kappa shape index (κ2) is 12.1. The van der Waals surface area contributed by atoms with E-state index in [4.69, 9.17) is 0 Å². The van der Waals surface area contributed by atoms with Gasteiger partial charge in [0.15, 0.2) is 0 Å². The Kier molecular flexibility index (Phi) is 8.79. The smallest absolute Gasteiger partial charge is 0.0214 e. The summed E-state index contributed by atoms with van der Waals surface area (Å²) in [4.78, 5) is 0. The fourth-order valence-corrected chi connectivity index (χ4v) is 3.57. The summed E-state index contributed by atoms with van der Waals surface area (Å²) < 4.78 is 0. The molecule has 2 N–H and O–H groups in total. The molecule has 0 spiro atoms. The van der Waals surface area contributed by atoms with E-state index in [1.54, 1.807) is 0 Å². The Hall–Kier alpha value is -2.42. The van der Waals surface area contributed by atoms with Gasteiger partial charge in [-0.1, -0.05) is 91.0 Å². The van der Waals surface area contributed by atoms with Crippen LogP contribution < -0.4 is 10.6 Å². The maximum Gasteiger partial charge on any atom is 0.0214 e. The van der Waals surface area contributed by atoms with Gasteiger partial charge in [-0.3, -0.25) is 0 Å². The fourth-order valence-electron chi connectivity index (χ4n) is 3.57. The normalized spacial score (nSPS) is 11.0. The van der Waals surface area contributed by atoms with Crippen molar-refractivity contribution in [3.05, 3.63) is 108 Å². The largest absolute Gasteiger partial charge is 0.315 e. The molecular formula is C26H32N2. The van der Waals surface area contributed by atoms with E-state index >= 15 is 0 Å². The minimum absolute atomic E-state index is 0.397. The Morgan fingerprint density at radius 2 is 1.07 bits per heavy atom. The third-order valence-electron chi connectivity index (χ3n) is 5.14. The van der Waals surface area contributed by atoms with Gasteiger partial charge in [0.2, 0.25) is 0 Å². The molecule has 0 aliphatic heterocycles. The van der Waals surface area contributed by atoms with Crippen molar-refractivity contribution in [3.8, 4) is 0 Å². The lowest BCUT2D eigenvalue weighted by molar-refractivity contribution is 0.571. The molecule has 146 valence electrons. The van der Waals surface area contributed by atoms with Crippen molar-refractivity contribution in [2.75, 3.05) is 26.2 Å². The minimum atomic E-state index is 0.397. The number of unbranched alkanes of at least 4 members (excludes halogenated alkanes) is 1. The predicted octanol–water partition coefficient (Wildman–Crippen LogP) is 5.02. The standard InChI is InChI=1S/C26H32N2/c1-4-12-23(13-5-1)14-10-11-19-27-20-21-28-22-26(24-15-6-2-7-16-24)25-17-8-3-9-18-25/h1-9,12-13,15-18,26-28H,10-11,14,19-22H2. The van der Waals surface area contributed by atoms with Crippen LogP contribution in [0.5, 0.6) is 0 Å².